The van der Waals surface area contributed by atoms with Crippen LogP contribution in [0.5, 0.6) is 0 Å². The molecule has 1 aromatic heterocycles. The molecule has 2 N–H and O–H groups in total. The number of aliphatic hydroxyl groups excluding tert-OH is 1. The molecule has 1 fully saturated rings. The van der Waals surface area contributed by atoms with Gasteiger partial charge in [0.05, 0.1) is 22.7 Å². The van der Waals surface area contributed by atoms with Gasteiger partial charge in [-0.15, -0.1) is 5.10 Å². The largest absolute Gasteiger partial charge is 0.495 e. The topological polar surface area (TPSA) is 98.1 Å². The molecule has 1 aromatic carbocycles. The molecule has 4 rings (SSSR count). The first-order valence-electron chi connectivity index (χ1n) is 9.39. The lowest BCUT2D eigenvalue weighted by Crippen LogP contribution is -2.39. The lowest BCUT2D eigenvalue weighted by atomic mass is 10.1. The number of hydrogen-bond donors (Lipinski definition) is 2. The number of pyridine rings is 1. The van der Waals surface area contributed by atoms with Gasteiger partial charge < -0.3 is 15.3 Å². The summed E-state index contributed by atoms with van der Waals surface area (Å²) in [5, 5.41) is 18.7. The summed E-state index contributed by atoms with van der Waals surface area (Å²) in [5.74, 6) is -0.637. The van der Waals surface area contributed by atoms with Gasteiger partial charge in [-0.25, -0.2) is 9.99 Å². The van der Waals surface area contributed by atoms with Crippen molar-refractivity contribution in [3.05, 3.63) is 52.1 Å². The third-order valence-corrected chi connectivity index (χ3v) is 5.57. The van der Waals surface area contributed by atoms with Gasteiger partial charge in [0.25, 0.3) is 5.91 Å². The fraction of sp³-hybridized carbons (Fsp3) is 0.300. The molecule has 2 aromatic rings. The van der Waals surface area contributed by atoms with Gasteiger partial charge >= 0.3 is 0 Å². The predicted octanol–water partition coefficient (Wildman–Crippen LogP) is 3.71. The Kier molecular flexibility index (Phi) is 5.53. The van der Waals surface area contributed by atoms with E-state index in [0.717, 1.165) is 12.8 Å². The van der Waals surface area contributed by atoms with Gasteiger partial charge in [-0.1, -0.05) is 23.2 Å². The number of nitrogens with one attached hydrogen (secondary N) is 1. The number of anilines is 2. The molecule has 1 aliphatic carbocycles. The SMILES string of the molecule is CN(C(=O)c1cc(Cl)ccc1NC(=O)C1CC(O)=NN1c1ncccc1Cl)C1CC1. The van der Waals surface area contributed by atoms with Gasteiger partial charge in [-0.2, -0.15) is 0 Å². The highest BCUT2D eigenvalue weighted by Crippen LogP contribution is 2.31. The average Bonchev–Trinajstić information content (AvgIpc) is 3.50. The van der Waals surface area contributed by atoms with E-state index in [9.17, 15) is 14.7 Å². The molecule has 30 heavy (non-hydrogen) atoms. The van der Waals surface area contributed by atoms with E-state index in [1.165, 1.54) is 17.3 Å². The summed E-state index contributed by atoms with van der Waals surface area (Å²) < 4.78 is 0. The third kappa shape index (κ3) is 4.06. The van der Waals surface area contributed by atoms with E-state index in [1.54, 1.807) is 36.2 Å². The molecular formula is C20H19Cl2N5O3. The Morgan fingerprint density at radius 3 is 2.73 bits per heavy atom. The first kappa shape index (κ1) is 20.4. The van der Waals surface area contributed by atoms with Crippen LogP contribution in [-0.2, 0) is 4.79 Å². The van der Waals surface area contributed by atoms with Crippen molar-refractivity contribution < 1.29 is 14.7 Å². The Labute approximate surface area is 183 Å². The first-order chi connectivity index (χ1) is 14.3. The van der Waals surface area contributed by atoms with Gasteiger partial charge in [-0.05, 0) is 43.2 Å². The number of hydrogen-bond acceptors (Lipinski definition) is 5. The minimum atomic E-state index is -0.878. The summed E-state index contributed by atoms with van der Waals surface area (Å²) >= 11 is 12.3. The van der Waals surface area contributed by atoms with Crippen molar-refractivity contribution >= 4 is 52.4 Å². The molecule has 1 saturated carbocycles. The van der Waals surface area contributed by atoms with Crippen LogP contribution >= 0.6 is 23.2 Å². The molecule has 1 unspecified atom stereocenters. The summed E-state index contributed by atoms with van der Waals surface area (Å²) in [6, 6.07) is 7.33. The maximum Gasteiger partial charge on any atom is 0.256 e. The number of hydrazone groups is 1. The summed E-state index contributed by atoms with van der Waals surface area (Å²) in [6.45, 7) is 0. The summed E-state index contributed by atoms with van der Waals surface area (Å²) in [6.07, 6.45) is 3.42. The van der Waals surface area contributed by atoms with Crippen LogP contribution in [0.3, 0.4) is 0 Å². The number of benzene rings is 1. The van der Waals surface area contributed by atoms with Crippen molar-refractivity contribution in [1.82, 2.24) is 9.88 Å². The van der Waals surface area contributed by atoms with E-state index < -0.39 is 11.9 Å². The molecule has 1 atom stereocenters. The van der Waals surface area contributed by atoms with Crippen molar-refractivity contribution in [2.75, 3.05) is 17.4 Å². The maximum atomic E-state index is 13.1. The number of nitrogens with zero attached hydrogens (tertiary/aromatic N) is 4. The summed E-state index contributed by atoms with van der Waals surface area (Å²) in [5.41, 5.74) is 0.635. The van der Waals surface area contributed by atoms with E-state index in [1.807, 2.05) is 0 Å². The molecule has 0 radical (unpaired) electrons. The van der Waals surface area contributed by atoms with Crippen molar-refractivity contribution in [2.45, 2.75) is 31.3 Å². The second kappa shape index (κ2) is 8.12. The maximum absolute atomic E-state index is 13.1. The molecule has 8 nitrogen and oxygen atoms in total. The van der Waals surface area contributed by atoms with Crippen LogP contribution < -0.4 is 10.3 Å². The highest BCUT2D eigenvalue weighted by atomic mass is 35.5. The molecule has 2 amide bonds. The molecule has 0 saturated heterocycles. The number of rotatable bonds is 5. The Hall–Kier alpha value is -2.84. The highest BCUT2D eigenvalue weighted by Gasteiger charge is 2.36. The molecule has 0 bridgehead atoms. The Morgan fingerprint density at radius 1 is 1.27 bits per heavy atom. The van der Waals surface area contributed by atoms with Crippen LogP contribution in [-0.4, -0.2) is 51.8 Å². The standard InChI is InChI=1S/C20H19Cl2N5O3/c1-26(12-5-6-12)20(30)13-9-11(21)4-7-15(13)24-19(29)16-10-17(28)25-27(16)18-14(22)3-2-8-23-18/h2-4,7-9,12,16H,5-6,10H2,1H3,(H,24,29)(H,25,28). The van der Waals surface area contributed by atoms with E-state index in [2.05, 4.69) is 15.4 Å². The van der Waals surface area contributed by atoms with Gasteiger partial charge in [0.2, 0.25) is 11.8 Å². The Balaban J connectivity index is 1.59. The number of amides is 2. The lowest BCUT2D eigenvalue weighted by Gasteiger charge is -2.23. The van der Waals surface area contributed by atoms with Crippen LogP contribution in [0, 0.1) is 0 Å². The van der Waals surface area contributed by atoms with Gasteiger partial charge in [0.1, 0.15) is 6.04 Å². The lowest BCUT2D eigenvalue weighted by molar-refractivity contribution is -0.117. The number of carbonyl (C=O) groups is 2. The number of aliphatic hydroxyl groups is 1. The fourth-order valence-corrected chi connectivity index (χ4v) is 3.66. The van der Waals surface area contributed by atoms with Crippen LogP contribution in [0.4, 0.5) is 11.5 Å². The van der Waals surface area contributed by atoms with Gasteiger partial charge in [0.15, 0.2) is 5.82 Å². The van der Waals surface area contributed by atoms with Crippen molar-refractivity contribution in [2.24, 2.45) is 5.10 Å². The van der Waals surface area contributed by atoms with Crippen molar-refractivity contribution in [3.63, 3.8) is 0 Å². The van der Waals surface area contributed by atoms with Crippen LogP contribution in [0.2, 0.25) is 10.0 Å². The average molecular weight is 448 g/mol. The molecule has 0 spiro atoms. The fourth-order valence-electron chi connectivity index (χ4n) is 3.28. The Bertz CT molecular complexity index is 1040. The Morgan fingerprint density at radius 2 is 2.03 bits per heavy atom. The molecule has 2 aliphatic rings. The molecule has 1 aliphatic heterocycles. The number of halogens is 2. The number of aromatic nitrogens is 1. The molecular weight excluding hydrogens is 429 g/mol. The van der Waals surface area contributed by atoms with E-state index >= 15 is 0 Å². The van der Waals surface area contributed by atoms with Gasteiger partial charge in [-0.3, -0.25) is 9.59 Å². The van der Waals surface area contributed by atoms with Crippen molar-refractivity contribution in [1.29, 1.82) is 0 Å². The third-order valence-electron chi connectivity index (χ3n) is 5.04. The molecule has 10 heteroatoms. The van der Waals surface area contributed by atoms with Crippen molar-refractivity contribution in [3.8, 4) is 0 Å². The second-order valence-electron chi connectivity index (χ2n) is 7.22. The van der Waals surface area contributed by atoms with Crippen LogP contribution in [0.1, 0.15) is 29.6 Å². The minimum Gasteiger partial charge on any atom is -0.495 e. The highest BCUT2D eigenvalue weighted by molar-refractivity contribution is 6.33. The smallest absolute Gasteiger partial charge is 0.256 e. The number of carbonyl (C=O) groups excluding carboxylic acids is 2. The predicted molar refractivity (Wildman–Crippen MR) is 115 cm³/mol. The normalized spacial score (nSPS) is 18.2. The van der Waals surface area contributed by atoms with E-state index in [4.69, 9.17) is 23.2 Å². The van der Waals surface area contributed by atoms with Crippen LogP contribution in [0.15, 0.2) is 41.6 Å². The van der Waals surface area contributed by atoms with Gasteiger partial charge in [0, 0.05) is 24.3 Å². The monoisotopic (exact) mass is 447 g/mol. The molecule has 156 valence electrons. The van der Waals surface area contributed by atoms with Crippen LogP contribution in [0.25, 0.3) is 0 Å². The quantitative estimate of drug-likeness (QED) is 0.727. The van der Waals surface area contributed by atoms with E-state index in [-0.39, 0.29) is 30.1 Å². The summed E-state index contributed by atoms with van der Waals surface area (Å²) in [7, 11) is 1.74. The zero-order valence-corrected chi connectivity index (χ0v) is 17.6. The second-order valence-corrected chi connectivity index (χ2v) is 8.06. The first-order valence-corrected chi connectivity index (χ1v) is 10.1. The minimum absolute atomic E-state index is 0.0163. The zero-order chi connectivity index (χ0) is 21.4. The zero-order valence-electron chi connectivity index (χ0n) is 16.0. The molecule has 2 heterocycles. The summed E-state index contributed by atoms with van der Waals surface area (Å²) in [4.78, 5) is 31.8. The van der Waals surface area contributed by atoms with E-state index in [0.29, 0.717) is 21.3 Å².